The summed E-state index contributed by atoms with van der Waals surface area (Å²) in [5, 5.41) is 11.4. The van der Waals surface area contributed by atoms with Crippen LogP contribution in [0, 0.1) is 11.8 Å². The minimum Gasteiger partial charge on any atom is -0.465 e. The van der Waals surface area contributed by atoms with Gasteiger partial charge in [-0.05, 0) is 12.3 Å². The molecule has 2 unspecified atom stereocenters. The zero-order valence-electron chi connectivity index (χ0n) is 20.7. The summed E-state index contributed by atoms with van der Waals surface area (Å²) < 4.78 is 172. The molecule has 0 heterocycles. The fourth-order valence-corrected chi connectivity index (χ4v) is 3.37. The molecule has 0 amide bonds. The Bertz CT molecular complexity index is 802. The van der Waals surface area contributed by atoms with E-state index in [2.05, 4.69) is 14.1 Å². The van der Waals surface area contributed by atoms with Crippen molar-refractivity contribution in [1.82, 2.24) is 0 Å². The minimum atomic E-state index is -7.77. The van der Waals surface area contributed by atoms with Crippen molar-refractivity contribution in [3.05, 3.63) is 0 Å². The Kier molecular flexibility index (Phi) is 14.9. The maximum absolute atomic E-state index is 13.8. The van der Waals surface area contributed by atoms with Gasteiger partial charge in [0.1, 0.15) is 0 Å². The first-order valence-electron chi connectivity index (χ1n) is 11.3. The number of unbranched alkanes of at least 4 members (excludes halogenated alkanes) is 1. The molecular weight excluding hydrogens is 612 g/mol. The molecule has 0 spiro atoms. The van der Waals surface area contributed by atoms with Crippen molar-refractivity contribution in [3.63, 3.8) is 0 Å². The summed E-state index contributed by atoms with van der Waals surface area (Å²) >= 11 is 0.160. The molecule has 0 aliphatic carbocycles. The van der Waals surface area contributed by atoms with Crippen LogP contribution in [0.4, 0.5) is 52.7 Å². The number of hydrogen-bond acceptors (Lipinski definition) is 8. The van der Waals surface area contributed by atoms with Gasteiger partial charge < -0.3 is 9.47 Å². The van der Waals surface area contributed by atoms with Gasteiger partial charge in [0, 0.05) is 17.8 Å². The van der Waals surface area contributed by atoms with E-state index in [0.717, 1.165) is 12.8 Å². The molecule has 0 aliphatic rings. The van der Waals surface area contributed by atoms with Gasteiger partial charge in [0.25, 0.3) is 0 Å². The quantitative estimate of drug-likeness (QED) is 0.0389. The van der Waals surface area contributed by atoms with Crippen molar-refractivity contribution in [2.24, 2.45) is 11.8 Å². The summed E-state index contributed by atoms with van der Waals surface area (Å²) in [6.45, 7) is 0.394. The average Bonchev–Trinajstić information content (AvgIpc) is 2.86. The Morgan fingerprint density at radius 1 is 0.875 bits per heavy atom. The van der Waals surface area contributed by atoms with E-state index in [1.165, 1.54) is 0 Å². The molecule has 238 valence electrons. The third kappa shape index (κ3) is 9.17. The lowest BCUT2D eigenvalue weighted by molar-refractivity contribution is -0.432. The number of ether oxygens (including phenoxy) is 2. The molecule has 0 aliphatic heterocycles. The summed E-state index contributed by atoms with van der Waals surface area (Å²) in [7, 11) is 0. The number of carbonyl (C=O) groups is 2. The van der Waals surface area contributed by atoms with Gasteiger partial charge in [-0.1, -0.05) is 38.1 Å². The predicted molar refractivity (Wildman–Crippen MR) is 111 cm³/mol. The molecule has 2 atom stereocenters. The molecule has 0 saturated heterocycles. The molecule has 1 N–H and O–H groups in total. The average molecular weight is 638 g/mol. The van der Waals surface area contributed by atoms with Crippen LogP contribution in [-0.2, 0) is 28.4 Å². The lowest BCUT2D eigenvalue weighted by atomic mass is 9.94. The third-order valence-corrected chi connectivity index (χ3v) is 6.15. The van der Waals surface area contributed by atoms with Gasteiger partial charge in [-0.15, -0.1) is 4.33 Å². The van der Waals surface area contributed by atoms with Crippen molar-refractivity contribution >= 4 is 24.0 Å². The summed E-state index contributed by atoms with van der Waals surface area (Å²) in [6.07, 6.45) is -4.14. The summed E-state index contributed by atoms with van der Waals surface area (Å²) in [5.74, 6) is -42.1. The fourth-order valence-electron chi connectivity index (χ4n) is 2.85. The number of carbonyl (C=O) groups excluding carboxylic acids is 2. The van der Waals surface area contributed by atoms with Gasteiger partial charge in [0.15, 0.2) is 6.61 Å². The molecule has 0 bridgehead atoms. The van der Waals surface area contributed by atoms with E-state index in [9.17, 15) is 62.3 Å². The van der Waals surface area contributed by atoms with Crippen LogP contribution in [0.15, 0.2) is 0 Å². The van der Waals surface area contributed by atoms with Crippen LogP contribution in [0.3, 0.4) is 0 Å². The van der Waals surface area contributed by atoms with E-state index in [1.807, 2.05) is 6.92 Å². The lowest BCUT2D eigenvalue weighted by Gasteiger charge is -2.38. The van der Waals surface area contributed by atoms with Crippen LogP contribution in [0.25, 0.3) is 0 Å². The maximum Gasteiger partial charge on any atom is 0.384 e. The highest BCUT2D eigenvalue weighted by Crippen LogP contribution is 2.58. The zero-order chi connectivity index (χ0) is 31.6. The highest BCUT2D eigenvalue weighted by molar-refractivity contribution is 7.94. The predicted octanol–water partition coefficient (Wildman–Crippen LogP) is 6.81. The summed E-state index contributed by atoms with van der Waals surface area (Å²) in [6, 6.07) is 0. The van der Waals surface area contributed by atoms with Crippen molar-refractivity contribution < 1.29 is 86.4 Å². The van der Waals surface area contributed by atoms with Crippen molar-refractivity contribution in [2.75, 3.05) is 19.0 Å². The largest absolute Gasteiger partial charge is 0.465 e. The van der Waals surface area contributed by atoms with Crippen LogP contribution < -0.4 is 0 Å². The number of esters is 2. The molecule has 0 aromatic rings. The van der Waals surface area contributed by atoms with E-state index in [-0.39, 0.29) is 24.6 Å². The van der Waals surface area contributed by atoms with E-state index in [1.54, 1.807) is 6.92 Å². The standard InChI is InChI=1S/C20H26F12O7S/c1-3-5-6-11(4-2)8-36-14(34)12(9-40-39-38-35)7-13(33)37-10-16(23,24)18(27,28)20(31,32)19(29,30)17(25,26)15(21)22/h11-12,15,35H,3-10H2,1-2H3. The number of hydrogen-bond donors (Lipinski definition) is 1. The van der Waals surface area contributed by atoms with Gasteiger partial charge in [-0.2, -0.15) is 43.9 Å². The monoisotopic (exact) mass is 638 g/mol. The minimum absolute atomic E-state index is 0.126. The third-order valence-electron chi connectivity index (χ3n) is 5.45. The number of alkyl halides is 12. The van der Waals surface area contributed by atoms with Crippen molar-refractivity contribution in [2.45, 2.75) is 82.0 Å². The summed E-state index contributed by atoms with van der Waals surface area (Å²) in [4.78, 5) is 24.2. The molecule has 0 rings (SSSR count). The first-order valence-corrected chi connectivity index (χ1v) is 12.2. The highest BCUT2D eigenvalue weighted by Gasteiger charge is 2.87. The SMILES string of the molecule is CCCCC(CC)COC(=O)C(CSOOO)CC(=O)OCC(F)(F)C(F)(F)C(F)(F)C(F)(F)C(F)(F)C(F)F. The first-order chi connectivity index (χ1) is 18.2. The van der Waals surface area contributed by atoms with Gasteiger partial charge in [0.2, 0.25) is 0 Å². The number of rotatable bonds is 20. The molecule has 7 nitrogen and oxygen atoms in total. The van der Waals surface area contributed by atoms with E-state index in [4.69, 9.17) is 9.99 Å². The van der Waals surface area contributed by atoms with Crippen molar-refractivity contribution in [3.8, 4) is 0 Å². The van der Waals surface area contributed by atoms with Crippen LogP contribution >= 0.6 is 12.0 Å². The number of halogens is 12. The molecule has 20 heteroatoms. The second kappa shape index (κ2) is 15.5. The normalized spacial score (nSPS) is 15.2. The van der Waals surface area contributed by atoms with Gasteiger partial charge in [-0.25, -0.2) is 14.0 Å². The second-order valence-electron chi connectivity index (χ2n) is 8.39. The fraction of sp³-hybridized carbons (Fsp3) is 0.900. The van der Waals surface area contributed by atoms with Crippen LogP contribution in [0.1, 0.15) is 46.0 Å². The van der Waals surface area contributed by atoms with Crippen LogP contribution in [0.5, 0.6) is 0 Å². The Balaban J connectivity index is 5.57. The first kappa shape index (κ1) is 38.3. The molecule has 0 fully saturated rings. The topological polar surface area (TPSA) is 91.3 Å². The Morgan fingerprint density at radius 2 is 1.45 bits per heavy atom. The van der Waals surface area contributed by atoms with Gasteiger partial charge in [-0.3, -0.25) is 9.59 Å². The van der Waals surface area contributed by atoms with Gasteiger partial charge >= 0.3 is 48.0 Å². The summed E-state index contributed by atoms with van der Waals surface area (Å²) in [5.41, 5.74) is 0. The lowest BCUT2D eigenvalue weighted by Crippen LogP contribution is -2.69. The molecule has 40 heavy (non-hydrogen) atoms. The Hall–Kier alpha value is -1.67. The van der Waals surface area contributed by atoms with Crippen LogP contribution in [0.2, 0.25) is 0 Å². The smallest absolute Gasteiger partial charge is 0.384 e. The van der Waals surface area contributed by atoms with E-state index >= 15 is 0 Å². The molecule has 0 aromatic carbocycles. The second-order valence-corrected chi connectivity index (χ2v) is 9.09. The molecule has 0 radical (unpaired) electrons. The molecular formula is C20H26F12O7S. The maximum atomic E-state index is 13.8. The van der Waals surface area contributed by atoms with Crippen LogP contribution in [-0.4, -0.2) is 72.2 Å². The van der Waals surface area contributed by atoms with E-state index < -0.39 is 72.7 Å². The molecule has 0 aromatic heterocycles. The van der Waals surface area contributed by atoms with Gasteiger partial charge in [0.05, 0.1) is 18.9 Å². The zero-order valence-corrected chi connectivity index (χ0v) is 21.5. The molecule has 0 saturated carbocycles. The van der Waals surface area contributed by atoms with E-state index in [0.29, 0.717) is 12.8 Å². The van der Waals surface area contributed by atoms with Crippen molar-refractivity contribution in [1.29, 1.82) is 0 Å². The Labute approximate surface area is 223 Å². The Morgan fingerprint density at radius 3 is 1.93 bits per heavy atom. The highest BCUT2D eigenvalue weighted by atomic mass is 32.2.